The molecule has 0 radical (unpaired) electrons. The molecule has 0 aliphatic carbocycles. The van der Waals surface area contributed by atoms with Crippen LogP contribution in [-0.2, 0) is 20.7 Å². The van der Waals surface area contributed by atoms with E-state index in [1.54, 1.807) is 12.5 Å². The molecule has 0 unspecified atom stereocenters. The van der Waals surface area contributed by atoms with Crippen LogP contribution in [0.5, 0.6) is 11.5 Å². The predicted molar refractivity (Wildman–Crippen MR) is 127 cm³/mol. The summed E-state index contributed by atoms with van der Waals surface area (Å²) >= 11 is 0. The molecule has 0 atom stereocenters. The van der Waals surface area contributed by atoms with Gasteiger partial charge < -0.3 is 24.1 Å². The van der Waals surface area contributed by atoms with Crippen molar-refractivity contribution in [3.63, 3.8) is 0 Å². The van der Waals surface area contributed by atoms with E-state index in [1.165, 1.54) is 5.56 Å². The van der Waals surface area contributed by atoms with Gasteiger partial charge in [0.1, 0.15) is 6.61 Å². The molecule has 4 N–H and O–H groups in total. The van der Waals surface area contributed by atoms with Crippen LogP contribution in [0, 0.1) is 6.92 Å². The van der Waals surface area contributed by atoms with Crippen molar-refractivity contribution in [3.05, 3.63) is 47.5 Å². The number of methoxy groups -OCH3 is 1. The van der Waals surface area contributed by atoms with Crippen molar-refractivity contribution in [2.75, 3.05) is 19.5 Å². The number of rotatable bonds is 7. The summed E-state index contributed by atoms with van der Waals surface area (Å²) in [5.41, 5.74) is 5.27. The number of hydrogen-bond acceptors (Lipinski definition) is 7. The summed E-state index contributed by atoms with van der Waals surface area (Å²) < 4.78 is 23.9. The number of amides is 1. The van der Waals surface area contributed by atoms with Gasteiger partial charge in [0.05, 0.1) is 18.3 Å². The molecule has 2 aromatic rings. The first-order chi connectivity index (χ1) is 15.1. The fourth-order valence-electron chi connectivity index (χ4n) is 3.21. The van der Waals surface area contributed by atoms with Gasteiger partial charge in [0, 0.05) is 18.3 Å². The zero-order valence-corrected chi connectivity index (χ0v) is 19.9. The minimum absolute atomic E-state index is 0.380. The SMILES string of the molecule is CNc1cccc(C)c1COc1ccc(B2OC(C)(C)C(C)(C)O2)cc1OC.NNC=O. The molecule has 9 heteroatoms. The van der Waals surface area contributed by atoms with Crippen molar-refractivity contribution >= 4 is 24.7 Å². The van der Waals surface area contributed by atoms with E-state index in [0.717, 1.165) is 16.7 Å². The highest BCUT2D eigenvalue weighted by molar-refractivity contribution is 6.62. The molecule has 8 nitrogen and oxygen atoms in total. The molecule has 1 aliphatic heterocycles. The number of hydrogen-bond donors (Lipinski definition) is 3. The van der Waals surface area contributed by atoms with Crippen LogP contribution in [0.2, 0.25) is 0 Å². The summed E-state index contributed by atoms with van der Waals surface area (Å²) in [4.78, 5) is 8.94. The van der Waals surface area contributed by atoms with Gasteiger partial charge in [0.25, 0.3) is 0 Å². The van der Waals surface area contributed by atoms with Gasteiger partial charge >= 0.3 is 7.12 Å². The van der Waals surface area contributed by atoms with E-state index >= 15 is 0 Å². The fourth-order valence-corrected chi connectivity index (χ4v) is 3.21. The van der Waals surface area contributed by atoms with E-state index < -0.39 is 7.12 Å². The standard InChI is InChI=1S/C22H30BNO4.CH4N2O/c1-15-9-8-10-18(24-6)17(15)14-26-19-12-11-16(13-20(19)25-7)23-27-21(2,3)22(4,5)28-23;2-3-1-4/h8-13,24H,14H2,1-7H3;1H,2H2,(H,3,4). The number of benzene rings is 2. The molecule has 0 saturated carbocycles. The maximum atomic E-state index is 8.94. The number of hydrazine groups is 1. The lowest BCUT2D eigenvalue weighted by Crippen LogP contribution is -2.41. The third-order valence-electron chi connectivity index (χ3n) is 5.83. The molecular weight excluding hydrogens is 409 g/mol. The van der Waals surface area contributed by atoms with Crippen LogP contribution < -0.4 is 31.5 Å². The average molecular weight is 443 g/mol. The first-order valence-corrected chi connectivity index (χ1v) is 10.4. The van der Waals surface area contributed by atoms with Crippen LogP contribution in [-0.4, -0.2) is 38.9 Å². The molecule has 1 fully saturated rings. The molecule has 1 saturated heterocycles. The van der Waals surface area contributed by atoms with Gasteiger partial charge in [0.15, 0.2) is 11.5 Å². The lowest BCUT2D eigenvalue weighted by molar-refractivity contribution is -0.109. The molecular formula is C23H34BN3O5. The van der Waals surface area contributed by atoms with Gasteiger partial charge in [-0.2, -0.15) is 0 Å². The molecule has 174 valence electrons. The normalized spacial score (nSPS) is 15.9. The van der Waals surface area contributed by atoms with Gasteiger partial charge in [-0.15, -0.1) is 0 Å². The summed E-state index contributed by atoms with van der Waals surface area (Å²) in [6, 6.07) is 12.0. The van der Waals surface area contributed by atoms with Gasteiger partial charge in [-0.05, 0) is 63.8 Å². The van der Waals surface area contributed by atoms with Crippen LogP contribution in [0.1, 0.15) is 38.8 Å². The van der Waals surface area contributed by atoms with Crippen LogP contribution >= 0.6 is 0 Å². The Hall–Kier alpha value is -2.75. The number of carbonyl (C=O) groups excluding carboxylic acids is 1. The third-order valence-corrected chi connectivity index (χ3v) is 5.83. The van der Waals surface area contributed by atoms with Gasteiger partial charge in [-0.3, -0.25) is 10.2 Å². The summed E-state index contributed by atoms with van der Waals surface area (Å²) in [5.74, 6) is 5.76. The Bertz CT molecular complexity index is 905. The minimum atomic E-state index is -0.430. The van der Waals surface area contributed by atoms with E-state index in [0.29, 0.717) is 24.5 Å². The van der Waals surface area contributed by atoms with E-state index in [9.17, 15) is 0 Å². The van der Waals surface area contributed by atoms with Crippen molar-refractivity contribution in [2.24, 2.45) is 5.84 Å². The van der Waals surface area contributed by atoms with Crippen LogP contribution in [0.4, 0.5) is 5.69 Å². The number of aryl methyl sites for hydroxylation is 1. The number of nitrogens with one attached hydrogen (secondary N) is 2. The largest absolute Gasteiger partial charge is 0.494 e. The lowest BCUT2D eigenvalue weighted by atomic mass is 9.79. The Kier molecular flexibility index (Phi) is 8.54. The van der Waals surface area contributed by atoms with E-state index in [1.807, 2.05) is 65.1 Å². The van der Waals surface area contributed by atoms with E-state index in [-0.39, 0.29) is 11.2 Å². The monoisotopic (exact) mass is 443 g/mol. The highest BCUT2D eigenvalue weighted by Gasteiger charge is 2.51. The maximum absolute atomic E-state index is 8.94. The van der Waals surface area contributed by atoms with Crippen molar-refractivity contribution < 1.29 is 23.6 Å². The van der Waals surface area contributed by atoms with Gasteiger partial charge in [-0.1, -0.05) is 18.2 Å². The average Bonchev–Trinajstić information content (AvgIpc) is 2.99. The Morgan fingerprint density at radius 2 is 1.72 bits per heavy atom. The molecule has 1 heterocycles. The number of carbonyl (C=O) groups is 1. The fraction of sp³-hybridized carbons (Fsp3) is 0.435. The lowest BCUT2D eigenvalue weighted by Gasteiger charge is -2.32. The minimum Gasteiger partial charge on any atom is -0.493 e. The molecule has 1 amide bonds. The highest BCUT2D eigenvalue weighted by Crippen LogP contribution is 2.37. The Morgan fingerprint density at radius 3 is 2.25 bits per heavy atom. The summed E-state index contributed by atoms with van der Waals surface area (Å²) in [6.45, 7) is 10.7. The zero-order chi connectivity index (χ0) is 23.9. The summed E-state index contributed by atoms with van der Waals surface area (Å²) in [6.07, 6.45) is 0.403. The summed E-state index contributed by atoms with van der Waals surface area (Å²) in [7, 11) is 3.13. The van der Waals surface area contributed by atoms with E-state index in [2.05, 4.69) is 24.1 Å². The number of anilines is 1. The molecule has 3 rings (SSSR count). The topological polar surface area (TPSA) is 104 Å². The Morgan fingerprint density at radius 1 is 1.09 bits per heavy atom. The summed E-state index contributed by atoms with van der Waals surface area (Å²) in [5, 5.41) is 3.22. The zero-order valence-electron chi connectivity index (χ0n) is 19.9. The van der Waals surface area contributed by atoms with Crippen LogP contribution in [0.3, 0.4) is 0 Å². The first kappa shape index (κ1) is 25.5. The predicted octanol–water partition coefficient (Wildman–Crippen LogP) is 2.53. The molecule has 0 bridgehead atoms. The van der Waals surface area contributed by atoms with Crippen molar-refractivity contribution in [2.45, 2.75) is 52.4 Å². The quantitative estimate of drug-likeness (QED) is 0.199. The third kappa shape index (κ3) is 5.73. The van der Waals surface area contributed by atoms with Crippen molar-refractivity contribution in [3.8, 4) is 11.5 Å². The molecule has 0 spiro atoms. The van der Waals surface area contributed by atoms with Gasteiger partial charge in [-0.25, -0.2) is 5.84 Å². The number of nitrogens with two attached hydrogens (primary N) is 1. The van der Waals surface area contributed by atoms with E-state index in [4.69, 9.17) is 23.6 Å². The Balaban J connectivity index is 0.000000837. The second-order valence-corrected chi connectivity index (χ2v) is 8.42. The van der Waals surface area contributed by atoms with Crippen molar-refractivity contribution in [1.82, 2.24) is 5.43 Å². The van der Waals surface area contributed by atoms with Gasteiger partial charge in [0.2, 0.25) is 6.41 Å². The molecule has 32 heavy (non-hydrogen) atoms. The number of ether oxygens (including phenoxy) is 2. The maximum Gasteiger partial charge on any atom is 0.494 e. The second-order valence-electron chi connectivity index (χ2n) is 8.42. The molecule has 1 aliphatic rings. The molecule has 0 aromatic heterocycles. The second kappa shape index (κ2) is 10.7. The highest BCUT2D eigenvalue weighted by atomic mass is 16.7. The first-order valence-electron chi connectivity index (χ1n) is 10.4. The molecule has 2 aromatic carbocycles. The van der Waals surface area contributed by atoms with Crippen LogP contribution in [0.15, 0.2) is 36.4 Å². The van der Waals surface area contributed by atoms with Crippen molar-refractivity contribution in [1.29, 1.82) is 0 Å². The van der Waals surface area contributed by atoms with Crippen LogP contribution in [0.25, 0.3) is 0 Å². The Labute approximate surface area is 190 Å². The smallest absolute Gasteiger partial charge is 0.493 e.